The predicted molar refractivity (Wildman–Crippen MR) is 193 cm³/mol. The molecule has 2 unspecified atom stereocenters. The predicted octanol–water partition coefficient (Wildman–Crippen LogP) is 5.39. The molecule has 2 aromatic carbocycles. The lowest BCUT2D eigenvalue weighted by atomic mass is 9.93. The van der Waals surface area contributed by atoms with Crippen LogP contribution in [0.4, 0.5) is 4.79 Å². The Kier molecular flexibility index (Phi) is 15.6. The SMILES string of the molecule is CC(OC(=O)C(CSC(=O)C(C)(C)CO[N+](=O)[O-])NC(=O)C(C)(C)CON[O-])OC(=O)N(C)CC[C@H](Oc1cccc2ccccc12)c1cccs1. The summed E-state index contributed by atoms with van der Waals surface area (Å²) in [7, 11) is 1.52. The number of esters is 1. The number of carbonyl (C=O) groups excluding carboxylic acids is 4. The highest BCUT2D eigenvalue weighted by Crippen LogP contribution is 2.33. The molecule has 284 valence electrons. The first-order chi connectivity index (χ1) is 24.5. The number of rotatable bonds is 20. The van der Waals surface area contributed by atoms with E-state index in [9.17, 15) is 34.5 Å². The highest BCUT2D eigenvalue weighted by Gasteiger charge is 2.36. The number of amides is 2. The van der Waals surface area contributed by atoms with E-state index < -0.39 is 57.9 Å². The van der Waals surface area contributed by atoms with Gasteiger partial charge in [0.15, 0.2) is 5.12 Å². The molecule has 0 aliphatic rings. The van der Waals surface area contributed by atoms with Gasteiger partial charge in [0.05, 0.1) is 17.4 Å². The lowest BCUT2D eigenvalue weighted by Crippen LogP contribution is -2.51. The Hall–Kier alpha value is -4.49. The van der Waals surface area contributed by atoms with E-state index in [1.54, 1.807) is 0 Å². The zero-order valence-corrected chi connectivity index (χ0v) is 31.3. The lowest BCUT2D eigenvalue weighted by molar-refractivity contribution is -0.760. The number of nitrogens with one attached hydrogen (secondary N) is 2. The van der Waals surface area contributed by atoms with Crippen molar-refractivity contribution in [2.24, 2.45) is 10.8 Å². The maximum atomic E-state index is 13.3. The summed E-state index contributed by atoms with van der Waals surface area (Å²) >= 11 is 2.15. The molecule has 3 aromatic rings. The van der Waals surface area contributed by atoms with Crippen LogP contribution in [0.15, 0.2) is 60.0 Å². The number of hydrogen-bond acceptors (Lipinski definition) is 15. The largest absolute Gasteiger partial charge is 0.765 e. The molecule has 0 fully saturated rings. The normalized spacial score (nSPS) is 13.4. The number of nitrogens with zero attached hydrogens (tertiary/aromatic N) is 2. The van der Waals surface area contributed by atoms with Crippen LogP contribution >= 0.6 is 23.1 Å². The first-order valence-electron chi connectivity index (χ1n) is 16.1. The van der Waals surface area contributed by atoms with Crippen molar-refractivity contribution in [2.75, 3.05) is 32.6 Å². The fourth-order valence-corrected chi connectivity index (χ4v) is 6.29. The van der Waals surface area contributed by atoms with Crippen molar-refractivity contribution in [3.05, 3.63) is 80.2 Å². The summed E-state index contributed by atoms with van der Waals surface area (Å²) < 4.78 is 17.2. The Balaban J connectivity index is 1.64. The Labute approximate surface area is 309 Å². The van der Waals surface area contributed by atoms with Gasteiger partial charge in [0.2, 0.25) is 12.2 Å². The van der Waals surface area contributed by atoms with Gasteiger partial charge in [0, 0.05) is 43.0 Å². The van der Waals surface area contributed by atoms with Crippen molar-refractivity contribution in [3.63, 3.8) is 0 Å². The monoisotopic (exact) mass is 763 g/mol. The number of ether oxygens (including phenoxy) is 3. The van der Waals surface area contributed by atoms with Crippen molar-refractivity contribution in [1.29, 1.82) is 0 Å². The van der Waals surface area contributed by atoms with Gasteiger partial charge >= 0.3 is 12.1 Å². The molecule has 0 saturated carbocycles. The third-order valence-corrected chi connectivity index (χ3v) is 9.91. The zero-order valence-electron chi connectivity index (χ0n) is 29.7. The molecule has 2 amide bonds. The van der Waals surface area contributed by atoms with Gasteiger partial charge < -0.3 is 39.3 Å². The van der Waals surface area contributed by atoms with Gasteiger partial charge in [0.1, 0.15) is 24.5 Å². The lowest BCUT2D eigenvalue weighted by Gasteiger charge is -2.28. The average Bonchev–Trinajstić information content (AvgIpc) is 3.64. The van der Waals surface area contributed by atoms with E-state index in [0.717, 1.165) is 15.6 Å². The molecule has 0 saturated heterocycles. The van der Waals surface area contributed by atoms with Gasteiger partial charge in [-0.2, -0.15) is 0 Å². The molecule has 2 N–H and O–H groups in total. The van der Waals surface area contributed by atoms with Crippen molar-refractivity contribution < 1.29 is 48.2 Å². The van der Waals surface area contributed by atoms with E-state index in [0.29, 0.717) is 23.9 Å². The van der Waals surface area contributed by atoms with Crippen LogP contribution in [0, 0.1) is 26.2 Å². The number of benzene rings is 2. The summed E-state index contributed by atoms with van der Waals surface area (Å²) in [6, 6.07) is 16.1. The molecule has 18 heteroatoms. The number of hydrogen-bond donors (Lipinski definition) is 2. The first kappa shape index (κ1) is 41.9. The summed E-state index contributed by atoms with van der Waals surface area (Å²) in [6.45, 7) is 6.38. The Morgan fingerprint density at radius 1 is 0.981 bits per heavy atom. The third-order valence-electron chi connectivity index (χ3n) is 7.63. The summed E-state index contributed by atoms with van der Waals surface area (Å²) in [5.41, 5.74) is -1.39. The van der Waals surface area contributed by atoms with Crippen LogP contribution in [-0.4, -0.2) is 78.0 Å². The van der Waals surface area contributed by atoms with Gasteiger partial charge in [-0.15, -0.1) is 21.5 Å². The molecule has 16 nitrogen and oxygen atoms in total. The van der Waals surface area contributed by atoms with Crippen molar-refractivity contribution in [2.45, 2.75) is 59.5 Å². The quantitative estimate of drug-likeness (QED) is 0.0640. The molecule has 52 heavy (non-hydrogen) atoms. The van der Waals surface area contributed by atoms with E-state index >= 15 is 0 Å². The van der Waals surface area contributed by atoms with Crippen LogP contribution in [0.25, 0.3) is 10.8 Å². The molecule has 3 rings (SSSR count). The highest BCUT2D eigenvalue weighted by molar-refractivity contribution is 8.13. The molecule has 0 aliphatic heterocycles. The van der Waals surface area contributed by atoms with E-state index in [1.165, 1.54) is 63.5 Å². The van der Waals surface area contributed by atoms with Gasteiger partial charge in [-0.25, -0.2) is 9.59 Å². The molecular formula is C34H43N4O12S2-. The molecule has 3 atom stereocenters. The number of thiophene rings is 1. The molecular weight excluding hydrogens is 721 g/mol. The molecule has 1 heterocycles. The minimum absolute atomic E-state index is 0.218. The molecule has 0 aliphatic carbocycles. The topological polar surface area (TPSA) is 208 Å². The minimum atomic E-state index is -1.44. The van der Waals surface area contributed by atoms with Crippen LogP contribution in [0.3, 0.4) is 0 Å². The molecule has 0 bridgehead atoms. The van der Waals surface area contributed by atoms with Gasteiger partial charge in [-0.3, -0.25) is 15.2 Å². The maximum Gasteiger partial charge on any atom is 0.412 e. The van der Waals surface area contributed by atoms with Crippen LogP contribution in [0.2, 0.25) is 0 Å². The second kappa shape index (κ2) is 19.4. The number of fused-ring (bicyclic) bond motifs is 1. The summed E-state index contributed by atoms with van der Waals surface area (Å²) in [6.07, 6.45) is -2.17. The summed E-state index contributed by atoms with van der Waals surface area (Å²) in [4.78, 5) is 74.1. The van der Waals surface area contributed by atoms with Gasteiger partial charge in [0.25, 0.3) is 5.09 Å². The average molecular weight is 764 g/mol. The Morgan fingerprint density at radius 2 is 1.69 bits per heavy atom. The molecule has 0 spiro atoms. The zero-order chi connectivity index (χ0) is 38.5. The third kappa shape index (κ3) is 12.6. The molecule has 0 radical (unpaired) electrons. The highest BCUT2D eigenvalue weighted by atomic mass is 32.2. The Morgan fingerprint density at radius 3 is 2.37 bits per heavy atom. The first-order valence-corrected chi connectivity index (χ1v) is 17.9. The molecule has 1 aromatic heterocycles. The minimum Gasteiger partial charge on any atom is -0.765 e. The van der Waals surface area contributed by atoms with Crippen molar-refractivity contribution in [1.82, 2.24) is 15.9 Å². The van der Waals surface area contributed by atoms with E-state index in [2.05, 4.69) is 15.0 Å². The second-order valence-corrected chi connectivity index (χ2v) is 14.9. The Bertz CT molecular complexity index is 1670. The van der Waals surface area contributed by atoms with Gasteiger partial charge in [-0.05, 0) is 36.7 Å². The fourth-order valence-electron chi connectivity index (χ4n) is 4.51. The van der Waals surface area contributed by atoms with E-state index in [1.807, 2.05) is 60.0 Å². The van der Waals surface area contributed by atoms with Crippen LogP contribution < -0.4 is 15.7 Å². The smallest absolute Gasteiger partial charge is 0.412 e. The van der Waals surface area contributed by atoms with Crippen LogP contribution in [0.5, 0.6) is 5.75 Å². The summed E-state index contributed by atoms with van der Waals surface area (Å²) in [5, 5.41) is 26.0. The van der Waals surface area contributed by atoms with Crippen LogP contribution in [0.1, 0.15) is 52.0 Å². The summed E-state index contributed by atoms with van der Waals surface area (Å²) in [5.74, 6) is -1.39. The van der Waals surface area contributed by atoms with E-state index in [4.69, 9.17) is 14.2 Å². The van der Waals surface area contributed by atoms with Crippen LogP contribution in [-0.2, 0) is 33.5 Å². The maximum absolute atomic E-state index is 13.3. The fraction of sp³-hybridized carbons (Fsp3) is 0.471. The van der Waals surface area contributed by atoms with E-state index in [-0.39, 0.29) is 25.0 Å². The second-order valence-electron chi connectivity index (χ2n) is 13.0. The van der Waals surface area contributed by atoms with Crippen molar-refractivity contribution in [3.8, 4) is 5.75 Å². The van der Waals surface area contributed by atoms with Gasteiger partial charge in [-0.1, -0.05) is 68.1 Å². The number of carbonyl (C=O) groups is 4. The van der Waals surface area contributed by atoms with Crippen molar-refractivity contribution >= 4 is 57.0 Å². The standard InChI is InChI=1S/C34H43N4O12S2/c1-22(48-29(39)25(35-30(40)33(2,3)20-46-36-43)19-52-31(41)34(4,5)21-47-38(44)45)49-32(42)37(6)17-16-27(28-15-10-18-51-28)50-26-14-9-12-23-11-7-8-13-24(23)26/h7-15,18,22,25,27,36H,16-17,19-21H2,1-6H3,(H,35,40)/q-1/t22?,25?,27-/m0/s1. The number of thioether (sulfide) groups is 1.